The molecule has 170 valence electrons. The second kappa shape index (κ2) is 8.20. The van der Waals surface area contributed by atoms with Gasteiger partial charge >= 0.3 is 0 Å². The smallest absolute Gasteiger partial charge is 0.253 e. The summed E-state index contributed by atoms with van der Waals surface area (Å²) in [6, 6.07) is 11.5. The molecule has 0 atom stereocenters. The Kier molecular flexibility index (Phi) is 5.34. The van der Waals surface area contributed by atoms with Gasteiger partial charge in [-0.25, -0.2) is 4.39 Å². The molecule has 0 amide bonds. The van der Waals surface area contributed by atoms with Crippen molar-refractivity contribution in [1.82, 2.24) is 9.88 Å². The van der Waals surface area contributed by atoms with Crippen LogP contribution in [0.5, 0.6) is 0 Å². The maximum Gasteiger partial charge on any atom is 0.253 e. The Morgan fingerprint density at radius 1 is 1.03 bits per heavy atom. The van der Waals surface area contributed by atoms with Gasteiger partial charge in [-0.15, -0.1) is 0 Å². The van der Waals surface area contributed by atoms with Crippen LogP contribution in [0.3, 0.4) is 0 Å². The molecular formula is C26H28FN5O. The van der Waals surface area contributed by atoms with E-state index in [1.807, 2.05) is 38.1 Å². The van der Waals surface area contributed by atoms with E-state index in [9.17, 15) is 14.4 Å². The maximum atomic E-state index is 14.5. The standard InChI is InChI=1S/C26H28FN5O/c1-16-10-20-22(31(3)26(16)33)11-18(17-4-6-29-7-5-17)12-23(20)32-9-8-30(2)24-14-21(27)19(15-28)13-25(24)32/h10-14,17,29H,4-9H2,1-3H3. The first-order valence-corrected chi connectivity index (χ1v) is 11.5. The summed E-state index contributed by atoms with van der Waals surface area (Å²) in [6.07, 6.45) is 2.10. The minimum atomic E-state index is -0.503. The first-order valence-electron chi connectivity index (χ1n) is 11.5. The SMILES string of the molecule is Cc1cc2c(N3CCN(C)c4cc(F)c(C#N)cc43)cc(C3CCNCC3)cc2n(C)c1=O. The zero-order chi connectivity index (χ0) is 23.3. The molecule has 0 saturated carbocycles. The molecule has 2 aliphatic heterocycles. The number of fused-ring (bicyclic) bond motifs is 2. The number of likely N-dealkylation sites (N-methyl/N-ethyl adjacent to an activating group) is 1. The van der Waals surface area contributed by atoms with Crippen LogP contribution in [0.4, 0.5) is 21.5 Å². The van der Waals surface area contributed by atoms with Crippen molar-refractivity contribution in [3.8, 4) is 6.07 Å². The number of aromatic nitrogens is 1. The molecule has 2 aliphatic rings. The summed E-state index contributed by atoms with van der Waals surface area (Å²) in [5.41, 5.74) is 5.44. The summed E-state index contributed by atoms with van der Waals surface area (Å²) in [7, 11) is 3.77. The van der Waals surface area contributed by atoms with E-state index < -0.39 is 5.82 Å². The van der Waals surface area contributed by atoms with Gasteiger partial charge in [-0.2, -0.15) is 5.26 Å². The molecule has 6 nitrogen and oxygen atoms in total. The molecule has 0 bridgehead atoms. The van der Waals surface area contributed by atoms with Crippen molar-refractivity contribution in [1.29, 1.82) is 5.26 Å². The number of piperidine rings is 1. The van der Waals surface area contributed by atoms with Crippen LogP contribution < -0.4 is 20.7 Å². The maximum absolute atomic E-state index is 14.5. The van der Waals surface area contributed by atoms with Gasteiger partial charge in [0.2, 0.25) is 0 Å². The molecule has 1 aromatic heterocycles. The van der Waals surface area contributed by atoms with Gasteiger partial charge < -0.3 is 19.7 Å². The number of pyridine rings is 1. The minimum Gasteiger partial charge on any atom is -0.371 e. The predicted octanol–water partition coefficient (Wildman–Crippen LogP) is 3.91. The number of aryl methyl sites for hydroxylation is 2. The van der Waals surface area contributed by atoms with Crippen molar-refractivity contribution in [3.63, 3.8) is 0 Å². The number of rotatable bonds is 2. The van der Waals surface area contributed by atoms with Crippen LogP contribution in [-0.2, 0) is 7.05 Å². The molecule has 0 spiro atoms. The van der Waals surface area contributed by atoms with Crippen molar-refractivity contribution in [2.24, 2.45) is 7.05 Å². The van der Waals surface area contributed by atoms with E-state index in [0.29, 0.717) is 18.0 Å². The van der Waals surface area contributed by atoms with Crippen molar-refractivity contribution < 1.29 is 4.39 Å². The molecular weight excluding hydrogens is 417 g/mol. The van der Waals surface area contributed by atoms with Crippen molar-refractivity contribution in [2.75, 3.05) is 43.0 Å². The Labute approximate surface area is 192 Å². The summed E-state index contributed by atoms with van der Waals surface area (Å²) in [5.74, 6) is -0.0860. The van der Waals surface area contributed by atoms with E-state index in [0.717, 1.165) is 60.4 Å². The van der Waals surface area contributed by atoms with Crippen LogP contribution in [-0.4, -0.2) is 37.8 Å². The monoisotopic (exact) mass is 445 g/mol. The third-order valence-corrected chi connectivity index (χ3v) is 7.17. The second-order valence-corrected chi connectivity index (χ2v) is 9.19. The van der Waals surface area contributed by atoms with Crippen LogP contribution in [0, 0.1) is 24.1 Å². The Morgan fingerprint density at radius 3 is 2.52 bits per heavy atom. The van der Waals surface area contributed by atoms with Gasteiger partial charge in [0.05, 0.1) is 28.1 Å². The highest BCUT2D eigenvalue weighted by Crippen LogP contribution is 2.43. The number of anilines is 3. The number of nitrogens with one attached hydrogen (secondary N) is 1. The Bertz CT molecular complexity index is 1350. The zero-order valence-corrected chi connectivity index (χ0v) is 19.3. The fourth-order valence-electron chi connectivity index (χ4n) is 5.24. The van der Waals surface area contributed by atoms with Crippen LogP contribution >= 0.6 is 0 Å². The van der Waals surface area contributed by atoms with E-state index in [2.05, 4.69) is 22.3 Å². The lowest BCUT2D eigenvalue weighted by molar-refractivity contribution is 0.460. The van der Waals surface area contributed by atoms with Gasteiger partial charge in [-0.3, -0.25) is 4.79 Å². The van der Waals surface area contributed by atoms with Crippen molar-refractivity contribution in [2.45, 2.75) is 25.7 Å². The number of halogens is 1. The van der Waals surface area contributed by atoms with E-state index in [1.165, 1.54) is 11.6 Å². The summed E-state index contributed by atoms with van der Waals surface area (Å²) in [4.78, 5) is 17.0. The Morgan fingerprint density at radius 2 is 1.79 bits per heavy atom. The quantitative estimate of drug-likeness (QED) is 0.648. The third-order valence-electron chi connectivity index (χ3n) is 7.17. The summed E-state index contributed by atoms with van der Waals surface area (Å²) in [5, 5.41) is 13.9. The zero-order valence-electron chi connectivity index (χ0n) is 19.3. The molecule has 1 fully saturated rings. The number of nitrogens with zero attached hydrogens (tertiary/aromatic N) is 4. The Balaban J connectivity index is 1.78. The third kappa shape index (κ3) is 3.55. The molecule has 3 aromatic rings. The van der Waals surface area contributed by atoms with Gasteiger partial charge in [0.1, 0.15) is 11.9 Å². The lowest BCUT2D eigenvalue weighted by Crippen LogP contribution is -2.37. The number of hydrogen-bond acceptors (Lipinski definition) is 5. The molecule has 1 saturated heterocycles. The first-order chi connectivity index (χ1) is 15.9. The van der Waals surface area contributed by atoms with Crippen LogP contribution in [0.25, 0.3) is 10.9 Å². The van der Waals surface area contributed by atoms with E-state index >= 15 is 0 Å². The largest absolute Gasteiger partial charge is 0.371 e. The van der Waals surface area contributed by atoms with Gasteiger partial charge in [0, 0.05) is 44.2 Å². The van der Waals surface area contributed by atoms with Gasteiger partial charge in [0.25, 0.3) is 5.56 Å². The second-order valence-electron chi connectivity index (χ2n) is 9.19. The average Bonchev–Trinajstić information content (AvgIpc) is 2.83. The van der Waals surface area contributed by atoms with Gasteiger partial charge in [0.15, 0.2) is 0 Å². The first kappa shape index (κ1) is 21.5. The topological polar surface area (TPSA) is 64.3 Å². The highest BCUT2D eigenvalue weighted by Gasteiger charge is 2.27. The van der Waals surface area contributed by atoms with E-state index in [1.54, 1.807) is 10.6 Å². The lowest BCUT2D eigenvalue weighted by Gasteiger charge is -2.38. The van der Waals surface area contributed by atoms with Gasteiger partial charge in [-0.05, 0) is 68.6 Å². The molecule has 0 unspecified atom stereocenters. The lowest BCUT2D eigenvalue weighted by atomic mass is 9.88. The Hall–Kier alpha value is -3.37. The van der Waals surface area contributed by atoms with Crippen LogP contribution in [0.1, 0.15) is 35.4 Å². The predicted molar refractivity (Wildman–Crippen MR) is 130 cm³/mol. The van der Waals surface area contributed by atoms with Crippen LogP contribution in [0.15, 0.2) is 35.1 Å². The molecule has 2 aromatic carbocycles. The minimum absolute atomic E-state index is 0.00327. The number of nitriles is 1. The molecule has 3 heterocycles. The molecule has 7 heteroatoms. The summed E-state index contributed by atoms with van der Waals surface area (Å²) in [6.45, 7) is 5.22. The van der Waals surface area contributed by atoms with E-state index in [4.69, 9.17) is 0 Å². The molecule has 5 rings (SSSR count). The normalized spacial score (nSPS) is 16.7. The fraction of sp³-hybridized carbons (Fsp3) is 0.385. The van der Waals surface area contributed by atoms with Crippen molar-refractivity contribution in [3.05, 3.63) is 63.2 Å². The van der Waals surface area contributed by atoms with Crippen LogP contribution in [0.2, 0.25) is 0 Å². The summed E-state index contributed by atoms with van der Waals surface area (Å²) >= 11 is 0. The van der Waals surface area contributed by atoms with Gasteiger partial charge in [-0.1, -0.05) is 0 Å². The molecule has 0 radical (unpaired) electrons. The highest BCUT2D eigenvalue weighted by molar-refractivity contribution is 5.97. The number of hydrogen-bond donors (Lipinski definition) is 1. The average molecular weight is 446 g/mol. The number of benzene rings is 2. The molecule has 1 N–H and O–H groups in total. The fourth-order valence-corrected chi connectivity index (χ4v) is 5.24. The van der Waals surface area contributed by atoms with Crippen molar-refractivity contribution >= 4 is 28.0 Å². The highest BCUT2D eigenvalue weighted by atomic mass is 19.1. The van der Waals surface area contributed by atoms with E-state index in [-0.39, 0.29) is 11.1 Å². The molecule has 33 heavy (non-hydrogen) atoms. The summed E-state index contributed by atoms with van der Waals surface area (Å²) < 4.78 is 16.2. The molecule has 0 aliphatic carbocycles.